The van der Waals surface area contributed by atoms with E-state index in [1.54, 1.807) is 30.3 Å². The van der Waals surface area contributed by atoms with Crippen molar-refractivity contribution in [3.63, 3.8) is 0 Å². The summed E-state index contributed by atoms with van der Waals surface area (Å²) in [6.07, 6.45) is 6.78. The van der Waals surface area contributed by atoms with Crippen molar-refractivity contribution in [3.05, 3.63) is 35.9 Å². The van der Waals surface area contributed by atoms with Gasteiger partial charge >= 0.3 is 5.97 Å². The Morgan fingerprint density at radius 3 is 2.55 bits per heavy atom. The van der Waals surface area contributed by atoms with Gasteiger partial charge in [-0.1, -0.05) is 32.9 Å². The highest BCUT2D eigenvalue weighted by molar-refractivity contribution is 5.87. The van der Waals surface area contributed by atoms with Gasteiger partial charge in [-0.15, -0.1) is 0 Å². The molecule has 3 heteroatoms. The molecular weight excluding hydrogens is 276 g/mol. The standard InChI is InChI=1S/C19H24O3/c1-18(2)14-10-11-19(3,12-14)17(18)22-16(21)9-6-13-4-7-15(20)8-5-13/h4-9,14,17,20H,10-12H2,1-3H3. The lowest BCUT2D eigenvalue weighted by atomic mass is 9.70. The van der Waals surface area contributed by atoms with E-state index in [-0.39, 0.29) is 28.7 Å². The molecule has 0 radical (unpaired) electrons. The lowest BCUT2D eigenvalue weighted by Gasteiger charge is -2.41. The molecule has 3 unspecified atom stereocenters. The predicted molar refractivity (Wildman–Crippen MR) is 86.2 cm³/mol. The maximum Gasteiger partial charge on any atom is 0.331 e. The van der Waals surface area contributed by atoms with Crippen LogP contribution in [0.25, 0.3) is 6.08 Å². The Kier molecular flexibility index (Phi) is 3.54. The summed E-state index contributed by atoms with van der Waals surface area (Å²) in [6, 6.07) is 6.74. The second-order valence-corrected chi connectivity index (χ2v) is 7.66. The zero-order valence-corrected chi connectivity index (χ0v) is 13.5. The van der Waals surface area contributed by atoms with Crippen LogP contribution in [0.3, 0.4) is 0 Å². The number of hydrogen-bond acceptors (Lipinski definition) is 3. The number of phenols is 1. The van der Waals surface area contributed by atoms with Gasteiger partial charge in [0.05, 0.1) is 0 Å². The van der Waals surface area contributed by atoms with Crippen LogP contribution in [0.5, 0.6) is 5.75 Å². The minimum Gasteiger partial charge on any atom is -0.508 e. The van der Waals surface area contributed by atoms with Crippen LogP contribution in [-0.4, -0.2) is 17.2 Å². The molecule has 2 saturated carbocycles. The quantitative estimate of drug-likeness (QED) is 0.673. The van der Waals surface area contributed by atoms with Gasteiger partial charge in [0.2, 0.25) is 0 Å². The van der Waals surface area contributed by atoms with Crippen molar-refractivity contribution in [2.24, 2.45) is 16.7 Å². The van der Waals surface area contributed by atoms with Gasteiger partial charge in [0, 0.05) is 16.9 Å². The van der Waals surface area contributed by atoms with Gasteiger partial charge in [-0.25, -0.2) is 4.79 Å². The molecule has 2 bridgehead atoms. The number of carbonyl (C=O) groups is 1. The highest BCUT2D eigenvalue weighted by Crippen LogP contribution is 2.63. The minimum atomic E-state index is -0.278. The molecule has 118 valence electrons. The Morgan fingerprint density at radius 2 is 1.95 bits per heavy atom. The summed E-state index contributed by atoms with van der Waals surface area (Å²) in [4.78, 5) is 12.2. The average molecular weight is 300 g/mol. The largest absolute Gasteiger partial charge is 0.508 e. The fraction of sp³-hybridized carbons (Fsp3) is 0.526. The number of hydrogen-bond donors (Lipinski definition) is 1. The lowest BCUT2D eigenvalue weighted by molar-refractivity contribution is -0.158. The SMILES string of the molecule is CC12CCC(C1)C(C)(C)C2OC(=O)C=Cc1ccc(O)cc1. The van der Waals surface area contributed by atoms with E-state index in [9.17, 15) is 9.90 Å². The highest BCUT2D eigenvalue weighted by Gasteiger charge is 2.61. The van der Waals surface area contributed by atoms with Gasteiger partial charge in [0.15, 0.2) is 0 Å². The van der Waals surface area contributed by atoms with Crippen molar-refractivity contribution in [1.29, 1.82) is 0 Å². The fourth-order valence-corrected chi connectivity index (χ4v) is 4.46. The van der Waals surface area contributed by atoms with Gasteiger partial charge in [0.25, 0.3) is 0 Å². The Labute approximate surface area is 132 Å². The maximum atomic E-state index is 12.2. The van der Waals surface area contributed by atoms with E-state index < -0.39 is 0 Å². The van der Waals surface area contributed by atoms with Crippen molar-refractivity contribution in [2.45, 2.75) is 46.1 Å². The molecule has 1 N–H and O–H groups in total. The van der Waals surface area contributed by atoms with Crippen molar-refractivity contribution in [3.8, 4) is 5.75 Å². The van der Waals surface area contributed by atoms with Crippen LogP contribution in [0.1, 0.15) is 45.6 Å². The van der Waals surface area contributed by atoms with Gasteiger partial charge in [0.1, 0.15) is 11.9 Å². The molecule has 1 aromatic rings. The second-order valence-electron chi connectivity index (χ2n) is 7.66. The molecule has 0 amide bonds. The summed E-state index contributed by atoms with van der Waals surface area (Å²) in [5.41, 5.74) is 1.07. The number of ether oxygens (including phenoxy) is 1. The van der Waals surface area contributed by atoms with Crippen molar-refractivity contribution in [1.82, 2.24) is 0 Å². The average Bonchev–Trinajstić information content (AvgIpc) is 2.94. The first-order valence-corrected chi connectivity index (χ1v) is 7.99. The molecular formula is C19H24O3. The molecule has 0 saturated heterocycles. The van der Waals surface area contributed by atoms with Crippen LogP contribution in [0.4, 0.5) is 0 Å². The summed E-state index contributed by atoms with van der Waals surface area (Å²) in [5, 5.41) is 9.25. The number of esters is 1. The van der Waals surface area contributed by atoms with Gasteiger partial charge in [-0.3, -0.25) is 0 Å². The van der Waals surface area contributed by atoms with E-state index >= 15 is 0 Å². The van der Waals surface area contributed by atoms with Gasteiger partial charge in [-0.05, 0) is 49.0 Å². The number of benzene rings is 1. The molecule has 2 fully saturated rings. The summed E-state index contributed by atoms with van der Waals surface area (Å²) in [5.74, 6) is 0.604. The summed E-state index contributed by atoms with van der Waals surface area (Å²) in [6.45, 7) is 6.71. The Morgan fingerprint density at radius 1 is 1.27 bits per heavy atom. The van der Waals surface area contributed by atoms with Crippen LogP contribution in [0.15, 0.2) is 30.3 Å². The molecule has 0 spiro atoms. The number of aromatic hydroxyl groups is 1. The third-order valence-corrected chi connectivity index (χ3v) is 5.68. The monoisotopic (exact) mass is 300 g/mol. The van der Waals surface area contributed by atoms with E-state index in [4.69, 9.17) is 4.74 Å². The molecule has 3 nitrogen and oxygen atoms in total. The lowest BCUT2D eigenvalue weighted by Crippen LogP contribution is -2.43. The molecule has 1 aromatic carbocycles. The van der Waals surface area contributed by atoms with Crippen LogP contribution in [0.2, 0.25) is 0 Å². The normalized spacial score (nSPS) is 32.5. The Balaban J connectivity index is 1.68. The zero-order chi connectivity index (χ0) is 16.0. The highest BCUT2D eigenvalue weighted by atomic mass is 16.5. The topological polar surface area (TPSA) is 46.5 Å². The van der Waals surface area contributed by atoms with E-state index in [1.807, 2.05) is 0 Å². The van der Waals surface area contributed by atoms with Crippen LogP contribution in [0, 0.1) is 16.7 Å². The zero-order valence-electron chi connectivity index (χ0n) is 13.5. The third kappa shape index (κ3) is 2.53. The van der Waals surface area contributed by atoms with Crippen molar-refractivity contribution < 1.29 is 14.6 Å². The van der Waals surface area contributed by atoms with E-state index in [2.05, 4.69) is 20.8 Å². The number of carbonyl (C=O) groups excluding carboxylic acids is 1. The minimum absolute atomic E-state index is 0.00396. The number of rotatable bonds is 3. The fourth-order valence-electron chi connectivity index (χ4n) is 4.46. The number of phenolic OH excluding ortho intramolecular Hbond substituents is 1. The Bertz CT molecular complexity index is 595. The molecule has 0 aliphatic heterocycles. The maximum absolute atomic E-state index is 12.2. The molecule has 2 aliphatic carbocycles. The van der Waals surface area contributed by atoms with E-state index in [1.165, 1.54) is 18.9 Å². The summed E-state index contributed by atoms with van der Waals surface area (Å²) >= 11 is 0. The molecule has 3 atom stereocenters. The van der Waals surface area contributed by atoms with E-state index in [0.717, 1.165) is 12.0 Å². The van der Waals surface area contributed by atoms with E-state index in [0.29, 0.717) is 5.92 Å². The van der Waals surface area contributed by atoms with Crippen LogP contribution < -0.4 is 0 Å². The number of fused-ring (bicyclic) bond motifs is 2. The summed E-state index contributed by atoms with van der Waals surface area (Å²) in [7, 11) is 0. The Hall–Kier alpha value is -1.77. The third-order valence-electron chi connectivity index (χ3n) is 5.68. The van der Waals surface area contributed by atoms with Crippen LogP contribution in [-0.2, 0) is 9.53 Å². The molecule has 2 aliphatic rings. The first-order chi connectivity index (χ1) is 10.3. The van der Waals surface area contributed by atoms with Gasteiger partial charge < -0.3 is 9.84 Å². The van der Waals surface area contributed by atoms with Crippen LogP contribution >= 0.6 is 0 Å². The van der Waals surface area contributed by atoms with Gasteiger partial charge in [-0.2, -0.15) is 0 Å². The smallest absolute Gasteiger partial charge is 0.331 e. The van der Waals surface area contributed by atoms with Crippen molar-refractivity contribution >= 4 is 12.0 Å². The molecule has 22 heavy (non-hydrogen) atoms. The second kappa shape index (κ2) is 5.15. The first kappa shape index (κ1) is 15.1. The molecule has 3 rings (SSSR count). The molecule has 0 heterocycles. The predicted octanol–water partition coefficient (Wildman–Crippen LogP) is 4.16. The first-order valence-electron chi connectivity index (χ1n) is 7.99. The molecule has 0 aromatic heterocycles. The van der Waals surface area contributed by atoms with Crippen molar-refractivity contribution in [2.75, 3.05) is 0 Å². The summed E-state index contributed by atoms with van der Waals surface area (Å²) < 4.78 is 5.83.